The van der Waals surface area contributed by atoms with Gasteiger partial charge >= 0.3 is 5.97 Å². The number of carbonyl (C=O) groups excluding carboxylic acids is 2. The van der Waals surface area contributed by atoms with Crippen molar-refractivity contribution in [1.29, 1.82) is 0 Å². The van der Waals surface area contributed by atoms with E-state index in [-0.39, 0.29) is 5.97 Å². The number of ether oxygens (including phenoxy) is 1. The molecule has 0 aliphatic heterocycles. The topological polar surface area (TPSA) is 43.4 Å². The molecule has 0 aliphatic carbocycles. The zero-order valence-corrected chi connectivity index (χ0v) is 9.69. The molecule has 82 valence electrons. The lowest BCUT2D eigenvalue weighted by Gasteiger charge is -2.00. The van der Waals surface area contributed by atoms with Gasteiger partial charge in [0.05, 0.1) is 7.11 Å². The Hall–Kier alpha value is -0.510. The second-order valence-electron chi connectivity index (χ2n) is 3.06. The van der Waals surface area contributed by atoms with Crippen LogP contribution in [0.4, 0.5) is 0 Å². The fraction of sp³-hybridized carbons (Fsp3) is 0.800. The maximum Gasteiger partial charge on any atom is 0.305 e. The van der Waals surface area contributed by atoms with Crippen molar-refractivity contribution in [3.63, 3.8) is 0 Å². The van der Waals surface area contributed by atoms with Gasteiger partial charge in [-0.25, -0.2) is 0 Å². The second-order valence-corrected chi connectivity index (χ2v) is 4.05. The highest BCUT2D eigenvalue weighted by Gasteiger charge is 2.03. The van der Waals surface area contributed by atoms with E-state index in [0.717, 1.165) is 18.6 Å². The van der Waals surface area contributed by atoms with Gasteiger partial charge < -0.3 is 4.74 Å². The third kappa shape index (κ3) is 8.10. The van der Waals surface area contributed by atoms with E-state index in [1.54, 1.807) is 11.8 Å². The minimum absolute atomic E-state index is 0.193. The molecular weight excluding hydrogens is 200 g/mol. The van der Waals surface area contributed by atoms with Gasteiger partial charge in [-0.15, -0.1) is 0 Å². The van der Waals surface area contributed by atoms with Crippen LogP contribution in [0.15, 0.2) is 0 Å². The Labute approximate surface area is 89.6 Å². The Balaban J connectivity index is 3.27. The SMILES string of the molecule is COC(=O)CCCCC(=O)CCSC. The first-order valence-electron chi connectivity index (χ1n) is 4.78. The van der Waals surface area contributed by atoms with Crippen molar-refractivity contribution in [3.8, 4) is 0 Å². The van der Waals surface area contributed by atoms with Crippen molar-refractivity contribution in [2.24, 2.45) is 0 Å². The van der Waals surface area contributed by atoms with Crippen LogP contribution in [0, 0.1) is 0 Å². The van der Waals surface area contributed by atoms with E-state index in [0.29, 0.717) is 25.0 Å². The van der Waals surface area contributed by atoms with E-state index in [1.165, 1.54) is 7.11 Å². The molecular formula is C10H18O3S. The molecule has 0 radical (unpaired) electrons. The second kappa shape index (κ2) is 9.06. The molecule has 0 aromatic carbocycles. The van der Waals surface area contributed by atoms with Gasteiger partial charge in [0.25, 0.3) is 0 Å². The highest BCUT2D eigenvalue weighted by atomic mass is 32.2. The van der Waals surface area contributed by atoms with Crippen LogP contribution in [-0.4, -0.2) is 30.9 Å². The van der Waals surface area contributed by atoms with Crippen LogP contribution in [-0.2, 0) is 14.3 Å². The van der Waals surface area contributed by atoms with Crippen LogP contribution in [0.2, 0.25) is 0 Å². The molecule has 0 heterocycles. The lowest BCUT2D eigenvalue weighted by atomic mass is 10.1. The van der Waals surface area contributed by atoms with Crippen molar-refractivity contribution in [3.05, 3.63) is 0 Å². The van der Waals surface area contributed by atoms with Crippen LogP contribution in [0.3, 0.4) is 0 Å². The number of carbonyl (C=O) groups is 2. The quantitative estimate of drug-likeness (QED) is 0.462. The Kier molecular flexibility index (Phi) is 8.73. The summed E-state index contributed by atoms with van der Waals surface area (Å²) < 4.78 is 4.49. The predicted molar refractivity (Wildman–Crippen MR) is 58.5 cm³/mol. The molecule has 0 spiro atoms. The summed E-state index contributed by atoms with van der Waals surface area (Å²) in [5.74, 6) is 1.00. The zero-order valence-electron chi connectivity index (χ0n) is 8.88. The first kappa shape index (κ1) is 13.5. The monoisotopic (exact) mass is 218 g/mol. The third-order valence-electron chi connectivity index (χ3n) is 1.90. The number of ketones is 1. The number of thioether (sulfide) groups is 1. The molecule has 0 N–H and O–H groups in total. The van der Waals surface area contributed by atoms with Crippen LogP contribution in [0.1, 0.15) is 32.1 Å². The summed E-state index contributed by atoms with van der Waals surface area (Å²) in [6.45, 7) is 0. The molecule has 0 bridgehead atoms. The minimum Gasteiger partial charge on any atom is -0.469 e. The number of rotatable bonds is 8. The van der Waals surface area contributed by atoms with Crippen molar-refractivity contribution in [2.45, 2.75) is 32.1 Å². The van der Waals surface area contributed by atoms with Crippen LogP contribution in [0.5, 0.6) is 0 Å². The molecule has 0 aromatic rings. The predicted octanol–water partition coefficient (Wildman–Crippen LogP) is 2.04. The van der Waals surface area contributed by atoms with E-state index in [1.807, 2.05) is 6.26 Å². The van der Waals surface area contributed by atoms with Crippen LogP contribution < -0.4 is 0 Å². The first-order valence-corrected chi connectivity index (χ1v) is 6.17. The van der Waals surface area contributed by atoms with Gasteiger partial charge in [-0.05, 0) is 24.9 Å². The van der Waals surface area contributed by atoms with E-state index in [9.17, 15) is 9.59 Å². The molecule has 0 saturated carbocycles. The number of Topliss-reactive ketones (excluding diaryl/α,β-unsaturated/α-hetero) is 1. The summed E-state index contributed by atoms with van der Waals surface area (Å²) >= 11 is 1.68. The van der Waals surface area contributed by atoms with E-state index < -0.39 is 0 Å². The summed E-state index contributed by atoms with van der Waals surface area (Å²) in [5.41, 5.74) is 0. The van der Waals surface area contributed by atoms with Gasteiger partial charge in [-0.3, -0.25) is 9.59 Å². The maximum absolute atomic E-state index is 11.2. The number of unbranched alkanes of at least 4 members (excludes halogenated alkanes) is 1. The minimum atomic E-state index is -0.193. The first-order chi connectivity index (χ1) is 6.70. The van der Waals surface area contributed by atoms with Crippen molar-refractivity contribution >= 4 is 23.5 Å². The fourth-order valence-electron chi connectivity index (χ4n) is 1.03. The molecule has 0 amide bonds. The smallest absolute Gasteiger partial charge is 0.305 e. The van der Waals surface area contributed by atoms with Gasteiger partial charge in [0.15, 0.2) is 0 Å². The molecule has 0 fully saturated rings. The number of hydrogen-bond acceptors (Lipinski definition) is 4. The molecule has 0 aliphatic rings. The largest absolute Gasteiger partial charge is 0.469 e. The lowest BCUT2D eigenvalue weighted by molar-refractivity contribution is -0.140. The molecule has 0 saturated heterocycles. The molecule has 0 atom stereocenters. The molecule has 14 heavy (non-hydrogen) atoms. The Bertz CT molecular complexity index is 180. The number of hydrogen-bond donors (Lipinski definition) is 0. The normalized spacial score (nSPS) is 9.86. The van der Waals surface area contributed by atoms with Gasteiger partial charge in [0.1, 0.15) is 5.78 Å². The molecule has 0 aromatic heterocycles. The molecule has 4 heteroatoms. The number of esters is 1. The fourth-order valence-corrected chi connectivity index (χ4v) is 1.47. The Morgan fingerprint density at radius 3 is 2.36 bits per heavy atom. The zero-order chi connectivity index (χ0) is 10.8. The lowest BCUT2D eigenvalue weighted by Crippen LogP contribution is -2.02. The summed E-state index contributed by atoms with van der Waals surface area (Å²) in [4.78, 5) is 21.9. The standard InChI is InChI=1S/C10H18O3S/c1-13-10(12)6-4-3-5-9(11)7-8-14-2/h3-8H2,1-2H3. The van der Waals surface area contributed by atoms with Crippen molar-refractivity contribution in [1.82, 2.24) is 0 Å². The van der Waals surface area contributed by atoms with Gasteiger partial charge in [-0.1, -0.05) is 0 Å². The van der Waals surface area contributed by atoms with Crippen molar-refractivity contribution in [2.75, 3.05) is 19.1 Å². The highest BCUT2D eigenvalue weighted by molar-refractivity contribution is 7.98. The van der Waals surface area contributed by atoms with E-state index in [2.05, 4.69) is 4.74 Å². The molecule has 0 rings (SSSR count). The molecule has 0 unspecified atom stereocenters. The summed E-state index contributed by atoms with van der Waals surface area (Å²) in [6, 6.07) is 0. The third-order valence-corrected chi connectivity index (χ3v) is 2.51. The van der Waals surface area contributed by atoms with Crippen LogP contribution >= 0.6 is 11.8 Å². The van der Waals surface area contributed by atoms with E-state index >= 15 is 0 Å². The van der Waals surface area contributed by atoms with E-state index in [4.69, 9.17) is 0 Å². The number of methoxy groups -OCH3 is 1. The van der Waals surface area contributed by atoms with Gasteiger partial charge in [-0.2, -0.15) is 11.8 Å². The summed E-state index contributed by atoms with van der Waals surface area (Å²) in [6.07, 6.45) is 5.20. The average molecular weight is 218 g/mol. The Morgan fingerprint density at radius 2 is 1.79 bits per heavy atom. The van der Waals surface area contributed by atoms with Gasteiger partial charge in [0, 0.05) is 19.3 Å². The van der Waals surface area contributed by atoms with Gasteiger partial charge in [0.2, 0.25) is 0 Å². The highest BCUT2D eigenvalue weighted by Crippen LogP contribution is 2.05. The molecule has 3 nitrogen and oxygen atoms in total. The van der Waals surface area contributed by atoms with Crippen molar-refractivity contribution < 1.29 is 14.3 Å². The Morgan fingerprint density at radius 1 is 1.14 bits per heavy atom. The maximum atomic E-state index is 11.2. The average Bonchev–Trinajstić information content (AvgIpc) is 2.21. The summed E-state index contributed by atoms with van der Waals surface area (Å²) in [5, 5.41) is 0. The van der Waals surface area contributed by atoms with Crippen LogP contribution in [0.25, 0.3) is 0 Å². The summed E-state index contributed by atoms with van der Waals surface area (Å²) in [7, 11) is 1.38.